The van der Waals surface area contributed by atoms with Crippen molar-refractivity contribution in [2.45, 2.75) is 18.9 Å². The number of amides is 1. The van der Waals surface area contributed by atoms with E-state index in [0.29, 0.717) is 25.3 Å². The highest BCUT2D eigenvalue weighted by atomic mass is 32.2. The molecule has 2 aliphatic rings. The van der Waals surface area contributed by atoms with Crippen molar-refractivity contribution < 1.29 is 13.2 Å². The molecule has 1 N–H and O–H groups in total. The van der Waals surface area contributed by atoms with Crippen LogP contribution >= 0.6 is 0 Å². The van der Waals surface area contributed by atoms with Gasteiger partial charge in [0.05, 0.1) is 17.9 Å². The van der Waals surface area contributed by atoms with Crippen LogP contribution in [0.2, 0.25) is 0 Å². The number of fused-ring (bicyclic) bond motifs is 1. The first kappa shape index (κ1) is 16.6. The molecule has 2 aromatic rings. The van der Waals surface area contributed by atoms with Crippen LogP contribution in [0.15, 0.2) is 30.5 Å². The van der Waals surface area contributed by atoms with Gasteiger partial charge >= 0.3 is 0 Å². The molecule has 0 saturated carbocycles. The molecule has 1 atom stereocenters. The largest absolute Gasteiger partial charge is 0.361 e. The summed E-state index contributed by atoms with van der Waals surface area (Å²) in [6.45, 7) is 2.88. The van der Waals surface area contributed by atoms with E-state index in [1.165, 1.54) is 0 Å². The fraction of sp³-hybridized carbons (Fsp3) is 0.500. The lowest BCUT2D eigenvalue weighted by molar-refractivity contribution is -0.132. The predicted octanol–water partition coefficient (Wildman–Crippen LogP) is 1.04. The lowest BCUT2D eigenvalue weighted by atomic mass is 10.1. The molecule has 134 valence electrons. The van der Waals surface area contributed by atoms with Gasteiger partial charge in [-0.25, -0.2) is 8.42 Å². The van der Waals surface area contributed by atoms with Crippen molar-refractivity contribution in [3.8, 4) is 0 Å². The first-order chi connectivity index (χ1) is 12.0. The zero-order chi connectivity index (χ0) is 17.4. The SMILES string of the molecule is O=C(Cc1c[nH]c2ccccc12)N1CCN([C@@H]2CCS(=O)(=O)C2)CC1. The van der Waals surface area contributed by atoms with Gasteiger partial charge in [0, 0.05) is 49.3 Å². The molecular weight excluding hydrogens is 338 g/mol. The maximum absolute atomic E-state index is 12.6. The zero-order valence-electron chi connectivity index (χ0n) is 14.1. The van der Waals surface area contributed by atoms with Crippen molar-refractivity contribution in [2.75, 3.05) is 37.7 Å². The number of piperazine rings is 1. The van der Waals surface area contributed by atoms with E-state index in [1.54, 1.807) is 0 Å². The number of benzene rings is 1. The molecule has 25 heavy (non-hydrogen) atoms. The molecular formula is C18H23N3O3S. The van der Waals surface area contributed by atoms with E-state index in [2.05, 4.69) is 9.88 Å². The van der Waals surface area contributed by atoms with Gasteiger partial charge in [0.2, 0.25) is 5.91 Å². The second kappa shape index (κ2) is 6.46. The zero-order valence-corrected chi connectivity index (χ0v) is 15.0. The van der Waals surface area contributed by atoms with Crippen LogP contribution in [0.5, 0.6) is 0 Å². The number of aromatic amines is 1. The summed E-state index contributed by atoms with van der Waals surface area (Å²) in [5, 5.41) is 1.10. The number of nitrogens with zero attached hydrogens (tertiary/aromatic N) is 2. The van der Waals surface area contributed by atoms with Gasteiger partial charge in [-0.3, -0.25) is 9.69 Å². The van der Waals surface area contributed by atoms with Crippen LogP contribution in [0.4, 0.5) is 0 Å². The maximum atomic E-state index is 12.6. The summed E-state index contributed by atoms with van der Waals surface area (Å²) >= 11 is 0. The number of rotatable bonds is 3. The quantitative estimate of drug-likeness (QED) is 0.887. The summed E-state index contributed by atoms with van der Waals surface area (Å²) in [5.74, 6) is 0.719. The predicted molar refractivity (Wildman–Crippen MR) is 97.2 cm³/mol. The first-order valence-electron chi connectivity index (χ1n) is 8.79. The number of aromatic nitrogens is 1. The first-order valence-corrected chi connectivity index (χ1v) is 10.6. The highest BCUT2D eigenvalue weighted by Gasteiger charge is 2.34. The van der Waals surface area contributed by atoms with E-state index < -0.39 is 9.84 Å². The Morgan fingerprint density at radius 1 is 1.16 bits per heavy atom. The van der Waals surface area contributed by atoms with Crippen molar-refractivity contribution in [1.82, 2.24) is 14.8 Å². The molecule has 0 radical (unpaired) electrons. The molecule has 2 fully saturated rings. The number of hydrogen-bond acceptors (Lipinski definition) is 4. The molecule has 2 aliphatic heterocycles. The second-order valence-corrected chi connectivity index (χ2v) is 9.24. The fourth-order valence-electron chi connectivity index (χ4n) is 3.95. The van der Waals surface area contributed by atoms with Crippen molar-refractivity contribution in [1.29, 1.82) is 0 Å². The number of sulfone groups is 1. The average molecular weight is 361 g/mol. The van der Waals surface area contributed by atoms with Gasteiger partial charge in [0.1, 0.15) is 0 Å². The third-order valence-electron chi connectivity index (χ3n) is 5.41. The van der Waals surface area contributed by atoms with Gasteiger partial charge in [-0.1, -0.05) is 18.2 Å². The van der Waals surface area contributed by atoms with Gasteiger partial charge in [-0.05, 0) is 18.1 Å². The molecule has 0 spiro atoms. The Balaban J connectivity index is 1.35. The van der Waals surface area contributed by atoms with E-state index in [0.717, 1.165) is 36.0 Å². The standard InChI is InChI=1S/C18H23N3O3S/c22-18(11-14-12-19-17-4-2-1-3-16(14)17)21-8-6-20(7-9-21)15-5-10-25(23,24)13-15/h1-4,12,15,19H,5-11,13H2/t15-/m1/s1. The lowest BCUT2D eigenvalue weighted by Gasteiger charge is -2.37. The minimum Gasteiger partial charge on any atom is -0.361 e. The normalized spacial score (nSPS) is 24.0. The third-order valence-corrected chi connectivity index (χ3v) is 7.16. The monoisotopic (exact) mass is 361 g/mol. The van der Waals surface area contributed by atoms with Crippen LogP contribution in [0.25, 0.3) is 10.9 Å². The molecule has 1 aromatic carbocycles. The Hall–Kier alpha value is -1.86. The van der Waals surface area contributed by atoms with Gasteiger partial charge < -0.3 is 9.88 Å². The van der Waals surface area contributed by atoms with E-state index in [4.69, 9.17) is 0 Å². The van der Waals surface area contributed by atoms with Crippen molar-refractivity contribution in [2.24, 2.45) is 0 Å². The number of nitrogens with one attached hydrogen (secondary N) is 1. The molecule has 1 aromatic heterocycles. The van der Waals surface area contributed by atoms with Crippen LogP contribution in [-0.4, -0.2) is 72.8 Å². The number of carbonyl (C=O) groups is 1. The second-order valence-electron chi connectivity index (χ2n) is 7.01. The van der Waals surface area contributed by atoms with E-state index in [-0.39, 0.29) is 17.7 Å². The van der Waals surface area contributed by atoms with E-state index in [9.17, 15) is 13.2 Å². The topological polar surface area (TPSA) is 73.5 Å². The van der Waals surface area contributed by atoms with Crippen molar-refractivity contribution >= 4 is 26.6 Å². The van der Waals surface area contributed by atoms with Gasteiger partial charge in [-0.2, -0.15) is 0 Å². The summed E-state index contributed by atoms with van der Waals surface area (Å²) in [7, 11) is -2.86. The number of H-pyrrole nitrogens is 1. The summed E-state index contributed by atoms with van der Waals surface area (Å²) in [6, 6.07) is 8.15. The molecule has 2 saturated heterocycles. The van der Waals surface area contributed by atoms with Crippen LogP contribution in [0.1, 0.15) is 12.0 Å². The summed E-state index contributed by atoms with van der Waals surface area (Å²) in [6.07, 6.45) is 3.05. The van der Waals surface area contributed by atoms with Crippen molar-refractivity contribution in [3.63, 3.8) is 0 Å². The number of carbonyl (C=O) groups excluding carboxylic acids is 1. The third kappa shape index (κ3) is 3.43. The molecule has 7 heteroatoms. The van der Waals surface area contributed by atoms with Crippen LogP contribution in [0, 0.1) is 0 Å². The highest BCUT2D eigenvalue weighted by Crippen LogP contribution is 2.21. The Morgan fingerprint density at radius 2 is 1.92 bits per heavy atom. The van der Waals surface area contributed by atoms with Gasteiger partial charge in [0.25, 0.3) is 0 Å². The molecule has 0 aliphatic carbocycles. The lowest BCUT2D eigenvalue weighted by Crippen LogP contribution is -2.52. The van der Waals surface area contributed by atoms with Gasteiger partial charge in [0.15, 0.2) is 9.84 Å². The number of hydrogen-bond donors (Lipinski definition) is 1. The van der Waals surface area contributed by atoms with E-state index >= 15 is 0 Å². The Labute approximate surface area is 147 Å². The summed E-state index contributed by atoms with van der Waals surface area (Å²) < 4.78 is 23.3. The molecule has 0 bridgehead atoms. The van der Waals surface area contributed by atoms with Crippen LogP contribution in [0.3, 0.4) is 0 Å². The smallest absolute Gasteiger partial charge is 0.227 e. The molecule has 3 heterocycles. The van der Waals surface area contributed by atoms with Crippen molar-refractivity contribution in [3.05, 3.63) is 36.0 Å². The highest BCUT2D eigenvalue weighted by molar-refractivity contribution is 7.91. The number of para-hydroxylation sites is 1. The van der Waals surface area contributed by atoms with Crippen LogP contribution in [-0.2, 0) is 21.1 Å². The molecule has 4 rings (SSSR count). The molecule has 6 nitrogen and oxygen atoms in total. The Bertz CT molecular complexity index is 882. The minimum atomic E-state index is -2.86. The molecule has 1 amide bonds. The average Bonchev–Trinajstić information content (AvgIpc) is 3.18. The minimum absolute atomic E-state index is 0.135. The molecule has 0 unspecified atom stereocenters. The summed E-state index contributed by atoms with van der Waals surface area (Å²) in [4.78, 5) is 20.0. The van der Waals surface area contributed by atoms with Crippen LogP contribution < -0.4 is 0 Å². The Morgan fingerprint density at radius 3 is 2.64 bits per heavy atom. The van der Waals surface area contributed by atoms with E-state index in [1.807, 2.05) is 35.4 Å². The maximum Gasteiger partial charge on any atom is 0.227 e. The fourth-order valence-corrected chi connectivity index (χ4v) is 5.71. The summed E-state index contributed by atoms with van der Waals surface area (Å²) in [5.41, 5.74) is 2.09. The Kier molecular flexibility index (Phi) is 4.29. The van der Waals surface area contributed by atoms with Gasteiger partial charge in [-0.15, -0.1) is 0 Å².